The van der Waals surface area contributed by atoms with Crippen molar-refractivity contribution in [2.24, 2.45) is 0 Å². The van der Waals surface area contributed by atoms with Crippen LogP contribution in [-0.4, -0.2) is 27.9 Å². The molecule has 0 atom stereocenters. The number of amides is 1. The number of nitrogens with one attached hydrogen (secondary N) is 1. The minimum atomic E-state index is -0.340. The van der Waals surface area contributed by atoms with E-state index in [2.05, 4.69) is 10.3 Å². The summed E-state index contributed by atoms with van der Waals surface area (Å²) in [4.78, 5) is 16.0. The number of rotatable bonds is 5. The van der Waals surface area contributed by atoms with Gasteiger partial charge in [-0.25, -0.2) is 9.37 Å². The molecule has 0 saturated heterocycles. The summed E-state index contributed by atoms with van der Waals surface area (Å²) in [7, 11) is 0. The van der Waals surface area contributed by atoms with E-state index >= 15 is 0 Å². The number of aryl methyl sites for hydroxylation is 1. The van der Waals surface area contributed by atoms with E-state index in [0.29, 0.717) is 30.2 Å². The second kappa shape index (κ2) is 6.02. The first-order chi connectivity index (χ1) is 9.15. The van der Waals surface area contributed by atoms with E-state index in [-0.39, 0.29) is 18.3 Å². The molecule has 0 saturated carbocycles. The molecular formula is C13H15ClFN3O. The summed E-state index contributed by atoms with van der Waals surface area (Å²) >= 11 is 5.74. The zero-order valence-corrected chi connectivity index (χ0v) is 11.4. The average Bonchev–Trinajstić information content (AvgIpc) is 2.67. The SMILES string of the molecule is CCNC(=O)Cn1c(CCCl)nc2cc(F)ccc21. The molecule has 0 aliphatic heterocycles. The van der Waals surface area contributed by atoms with Gasteiger partial charge in [0.2, 0.25) is 5.91 Å². The molecular weight excluding hydrogens is 269 g/mol. The highest BCUT2D eigenvalue weighted by molar-refractivity contribution is 6.17. The Kier molecular flexibility index (Phi) is 4.37. The van der Waals surface area contributed by atoms with Crippen molar-refractivity contribution in [1.29, 1.82) is 0 Å². The first-order valence-electron chi connectivity index (χ1n) is 6.13. The lowest BCUT2D eigenvalue weighted by atomic mass is 10.3. The number of alkyl halides is 1. The monoisotopic (exact) mass is 283 g/mol. The molecule has 102 valence electrons. The maximum absolute atomic E-state index is 13.2. The van der Waals surface area contributed by atoms with Gasteiger partial charge in [0, 0.05) is 24.9 Å². The van der Waals surface area contributed by atoms with Gasteiger partial charge in [0.1, 0.15) is 18.2 Å². The highest BCUT2D eigenvalue weighted by Crippen LogP contribution is 2.18. The fraction of sp³-hybridized carbons (Fsp3) is 0.385. The molecule has 2 aromatic rings. The van der Waals surface area contributed by atoms with Gasteiger partial charge in [-0.15, -0.1) is 11.6 Å². The van der Waals surface area contributed by atoms with Gasteiger partial charge in [-0.2, -0.15) is 0 Å². The molecule has 0 aliphatic carbocycles. The first kappa shape index (κ1) is 13.8. The average molecular weight is 284 g/mol. The van der Waals surface area contributed by atoms with Gasteiger partial charge in [0.15, 0.2) is 0 Å². The van der Waals surface area contributed by atoms with E-state index in [9.17, 15) is 9.18 Å². The molecule has 0 radical (unpaired) electrons. The van der Waals surface area contributed by atoms with Crippen molar-refractivity contribution < 1.29 is 9.18 Å². The summed E-state index contributed by atoms with van der Waals surface area (Å²) in [5, 5.41) is 2.73. The molecule has 1 aromatic carbocycles. The number of benzene rings is 1. The molecule has 0 bridgehead atoms. The van der Waals surface area contributed by atoms with Gasteiger partial charge in [-0.1, -0.05) is 0 Å². The van der Waals surface area contributed by atoms with Gasteiger partial charge in [0.25, 0.3) is 0 Å². The lowest BCUT2D eigenvalue weighted by Crippen LogP contribution is -2.27. The third-order valence-electron chi connectivity index (χ3n) is 2.78. The van der Waals surface area contributed by atoms with Gasteiger partial charge >= 0.3 is 0 Å². The maximum Gasteiger partial charge on any atom is 0.239 e. The molecule has 0 unspecified atom stereocenters. The Balaban J connectivity index is 2.42. The van der Waals surface area contributed by atoms with Crippen LogP contribution < -0.4 is 5.32 Å². The normalized spacial score (nSPS) is 10.9. The Morgan fingerprint density at radius 1 is 1.53 bits per heavy atom. The van der Waals surface area contributed by atoms with Crippen molar-refractivity contribution in [3.8, 4) is 0 Å². The number of carbonyl (C=O) groups is 1. The second-order valence-electron chi connectivity index (χ2n) is 4.14. The molecule has 1 heterocycles. The minimum absolute atomic E-state index is 0.0954. The second-order valence-corrected chi connectivity index (χ2v) is 4.52. The van der Waals surface area contributed by atoms with Crippen molar-refractivity contribution in [3.63, 3.8) is 0 Å². The van der Waals surface area contributed by atoms with Crippen molar-refractivity contribution >= 4 is 28.5 Å². The van der Waals surface area contributed by atoms with Crippen LogP contribution in [0.3, 0.4) is 0 Å². The zero-order chi connectivity index (χ0) is 13.8. The Hall–Kier alpha value is -1.62. The molecule has 0 fully saturated rings. The van der Waals surface area contributed by atoms with Gasteiger partial charge in [0.05, 0.1) is 11.0 Å². The van der Waals surface area contributed by atoms with Crippen molar-refractivity contribution in [2.45, 2.75) is 19.9 Å². The van der Waals surface area contributed by atoms with Crippen LogP contribution in [0.1, 0.15) is 12.7 Å². The third-order valence-corrected chi connectivity index (χ3v) is 2.97. The van der Waals surface area contributed by atoms with Crippen LogP contribution in [0.25, 0.3) is 11.0 Å². The summed E-state index contributed by atoms with van der Waals surface area (Å²) in [6.45, 7) is 2.60. The van der Waals surface area contributed by atoms with Gasteiger partial charge in [-0.3, -0.25) is 4.79 Å². The fourth-order valence-electron chi connectivity index (χ4n) is 2.00. The molecule has 1 N–H and O–H groups in total. The molecule has 1 amide bonds. The van der Waals surface area contributed by atoms with Crippen molar-refractivity contribution in [1.82, 2.24) is 14.9 Å². The molecule has 19 heavy (non-hydrogen) atoms. The predicted molar refractivity (Wildman–Crippen MR) is 72.8 cm³/mol. The summed E-state index contributed by atoms with van der Waals surface area (Å²) in [5.41, 5.74) is 1.29. The number of hydrogen-bond donors (Lipinski definition) is 1. The zero-order valence-electron chi connectivity index (χ0n) is 10.6. The highest BCUT2D eigenvalue weighted by Gasteiger charge is 2.13. The third kappa shape index (κ3) is 3.04. The number of hydrogen-bond acceptors (Lipinski definition) is 2. The van der Waals surface area contributed by atoms with Crippen LogP contribution in [0.4, 0.5) is 4.39 Å². The van der Waals surface area contributed by atoms with Crippen LogP contribution in [0.5, 0.6) is 0 Å². The number of fused-ring (bicyclic) bond motifs is 1. The number of imidazole rings is 1. The molecule has 0 spiro atoms. The van der Waals surface area contributed by atoms with E-state index < -0.39 is 0 Å². The number of nitrogens with zero attached hydrogens (tertiary/aromatic N) is 2. The van der Waals surface area contributed by atoms with E-state index in [0.717, 1.165) is 5.52 Å². The topological polar surface area (TPSA) is 46.9 Å². The lowest BCUT2D eigenvalue weighted by molar-refractivity contribution is -0.121. The standard InChI is InChI=1S/C13H15ClFN3O/c1-2-16-13(19)8-18-11-4-3-9(15)7-10(11)17-12(18)5-6-14/h3-4,7H,2,5-6,8H2,1H3,(H,16,19). The molecule has 4 nitrogen and oxygen atoms in total. The van der Waals surface area contributed by atoms with E-state index in [1.807, 2.05) is 6.92 Å². The van der Waals surface area contributed by atoms with Crippen LogP contribution >= 0.6 is 11.6 Å². The Morgan fingerprint density at radius 2 is 2.32 bits per heavy atom. The maximum atomic E-state index is 13.2. The van der Waals surface area contributed by atoms with E-state index in [4.69, 9.17) is 11.6 Å². The lowest BCUT2D eigenvalue weighted by Gasteiger charge is -2.08. The quantitative estimate of drug-likeness (QED) is 0.854. The molecule has 6 heteroatoms. The van der Waals surface area contributed by atoms with Crippen LogP contribution in [0.15, 0.2) is 18.2 Å². The number of halogens is 2. The summed E-state index contributed by atoms with van der Waals surface area (Å²) < 4.78 is 15.0. The largest absolute Gasteiger partial charge is 0.355 e. The molecule has 1 aromatic heterocycles. The smallest absolute Gasteiger partial charge is 0.239 e. The number of likely N-dealkylation sites (N-methyl/N-ethyl adjacent to an activating group) is 1. The summed E-state index contributed by atoms with van der Waals surface area (Å²) in [5.74, 6) is 0.665. The van der Waals surface area contributed by atoms with E-state index in [1.165, 1.54) is 12.1 Å². The van der Waals surface area contributed by atoms with Gasteiger partial charge < -0.3 is 9.88 Å². The van der Waals surface area contributed by atoms with Crippen LogP contribution in [-0.2, 0) is 17.8 Å². The minimum Gasteiger partial charge on any atom is -0.355 e. The number of aromatic nitrogens is 2. The summed E-state index contributed by atoms with van der Waals surface area (Å²) in [6.07, 6.45) is 0.539. The Bertz CT molecular complexity index is 597. The fourth-order valence-corrected chi connectivity index (χ4v) is 2.17. The molecule has 2 rings (SSSR count). The predicted octanol–water partition coefficient (Wildman–Crippen LogP) is 2.09. The van der Waals surface area contributed by atoms with Gasteiger partial charge in [-0.05, 0) is 19.1 Å². The van der Waals surface area contributed by atoms with Crippen LogP contribution in [0, 0.1) is 5.82 Å². The Morgan fingerprint density at radius 3 is 3.00 bits per heavy atom. The number of carbonyl (C=O) groups excluding carboxylic acids is 1. The van der Waals surface area contributed by atoms with E-state index in [1.54, 1.807) is 10.6 Å². The first-order valence-corrected chi connectivity index (χ1v) is 6.66. The van der Waals surface area contributed by atoms with Crippen molar-refractivity contribution in [2.75, 3.05) is 12.4 Å². The molecule has 0 aliphatic rings. The highest BCUT2D eigenvalue weighted by atomic mass is 35.5. The Labute approximate surface area is 115 Å². The van der Waals surface area contributed by atoms with Crippen LogP contribution in [0.2, 0.25) is 0 Å². The van der Waals surface area contributed by atoms with Crippen molar-refractivity contribution in [3.05, 3.63) is 29.8 Å². The summed E-state index contributed by atoms with van der Waals surface area (Å²) in [6, 6.07) is 4.36.